The van der Waals surface area contributed by atoms with Crippen LogP contribution >= 0.6 is 11.8 Å². The van der Waals surface area contributed by atoms with Crippen molar-refractivity contribution in [2.75, 3.05) is 22.8 Å². The number of hydrogen-bond acceptors (Lipinski definition) is 9. The van der Waals surface area contributed by atoms with Crippen molar-refractivity contribution in [3.05, 3.63) is 89.6 Å². The van der Waals surface area contributed by atoms with Crippen molar-refractivity contribution in [3.8, 4) is 0 Å². The third-order valence-electron chi connectivity index (χ3n) is 6.18. The number of para-hydroxylation sites is 2. The van der Waals surface area contributed by atoms with E-state index >= 15 is 0 Å². The average Bonchev–Trinajstić information content (AvgIpc) is 3.16. The summed E-state index contributed by atoms with van der Waals surface area (Å²) in [7, 11) is 0. The summed E-state index contributed by atoms with van der Waals surface area (Å²) in [5, 5.41) is 27.4. The fraction of sp³-hybridized carbons (Fsp3) is 0.192. The number of rotatable bonds is 5. The summed E-state index contributed by atoms with van der Waals surface area (Å²) < 4.78 is 5.44. The maximum Gasteiger partial charge on any atom is 0.376 e. The van der Waals surface area contributed by atoms with Crippen molar-refractivity contribution in [3.63, 3.8) is 0 Å². The number of anilines is 2. The van der Waals surface area contributed by atoms with Gasteiger partial charge in [-0.2, -0.15) is 5.23 Å². The van der Waals surface area contributed by atoms with Crippen molar-refractivity contribution >= 4 is 51.4 Å². The van der Waals surface area contributed by atoms with Crippen LogP contribution in [0, 0.1) is 5.21 Å². The summed E-state index contributed by atoms with van der Waals surface area (Å²) in [6.45, 7) is 1.96. The summed E-state index contributed by atoms with van der Waals surface area (Å²) in [5.41, 5.74) is 2.14. The molecule has 10 heteroatoms. The number of benzene rings is 3. The van der Waals surface area contributed by atoms with Crippen molar-refractivity contribution in [1.29, 1.82) is 0 Å². The molecule has 0 fully saturated rings. The molecule has 5 rings (SSSR count). The molecule has 36 heavy (non-hydrogen) atoms. The zero-order valence-corrected chi connectivity index (χ0v) is 20.6. The van der Waals surface area contributed by atoms with Gasteiger partial charge >= 0.3 is 5.97 Å². The summed E-state index contributed by atoms with van der Waals surface area (Å²) in [6, 6.07) is 24.0. The van der Waals surface area contributed by atoms with Gasteiger partial charge in [0.2, 0.25) is 5.84 Å². The molecule has 2 aliphatic heterocycles. The number of fused-ring (bicyclic) bond motifs is 3. The molecule has 2 N–H and O–H groups in total. The number of aliphatic imine (C=N–C) groups is 1. The highest BCUT2D eigenvalue weighted by Crippen LogP contribution is 2.51. The first-order chi connectivity index (χ1) is 17.5. The SMILES string of the molecule is CCOC(=O)C1=NN(c2ccc([NH+]([O-])O)cc2)[C@@]2(c3ccccc3)CC(SC)=Nc3ccccc3N12. The fourth-order valence-electron chi connectivity index (χ4n) is 4.61. The van der Waals surface area contributed by atoms with E-state index in [0.717, 1.165) is 22.0 Å². The molecular weight excluding hydrogens is 478 g/mol. The number of carbonyl (C=O) groups is 1. The Kier molecular flexibility index (Phi) is 6.50. The molecule has 0 amide bonds. The lowest BCUT2D eigenvalue weighted by Gasteiger charge is -2.44. The molecule has 3 aromatic rings. The number of nitrogens with one attached hydrogen (secondary N) is 1. The van der Waals surface area contributed by atoms with Gasteiger partial charge in [-0.05, 0) is 37.4 Å². The third-order valence-corrected chi connectivity index (χ3v) is 6.89. The van der Waals surface area contributed by atoms with Gasteiger partial charge in [0.05, 0.1) is 28.7 Å². The number of hydrazone groups is 1. The van der Waals surface area contributed by atoms with E-state index < -0.39 is 16.9 Å². The van der Waals surface area contributed by atoms with E-state index in [4.69, 9.17) is 14.8 Å². The van der Waals surface area contributed by atoms with Crippen molar-refractivity contribution in [1.82, 2.24) is 0 Å². The predicted molar refractivity (Wildman–Crippen MR) is 141 cm³/mol. The van der Waals surface area contributed by atoms with E-state index in [1.54, 1.807) is 35.8 Å². The summed E-state index contributed by atoms with van der Waals surface area (Å²) in [4.78, 5) is 20.2. The first-order valence-electron chi connectivity index (χ1n) is 11.4. The normalized spacial score (nSPS) is 19.6. The van der Waals surface area contributed by atoms with Crippen LogP contribution in [0.4, 0.5) is 22.7 Å². The standard InChI is InChI=1S/C26H25N5O4S/c1-3-35-25(32)24-28-30(19-13-15-20(16-14-19)31(33)34)26(18-9-5-4-6-10-18)17-23(36-2)27-21-11-7-8-12-22(21)29(24)26/h4-16,31,33H,3,17H2,1-2H3/t26-/m1/s1. The van der Waals surface area contributed by atoms with Crippen LogP contribution in [0.25, 0.3) is 0 Å². The fourth-order valence-corrected chi connectivity index (χ4v) is 5.15. The molecule has 2 aliphatic rings. The Morgan fingerprint density at radius 2 is 1.81 bits per heavy atom. The lowest BCUT2D eigenvalue weighted by atomic mass is 9.92. The van der Waals surface area contributed by atoms with Gasteiger partial charge in [0.1, 0.15) is 0 Å². The Hall–Kier alpha value is -3.70. The van der Waals surface area contributed by atoms with Crippen LogP contribution in [0.1, 0.15) is 18.9 Å². The maximum absolute atomic E-state index is 13.3. The van der Waals surface area contributed by atoms with Gasteiger partial charge in [0, 0.05) is 24.1 Å². The summed E-state index contributed by atoms with van der Waals surface area (Å²) in [6.07, 6.45) is 2.39. The zero-order valence-electron chi connectivity index (χ0n) is 19.8. The number of amidine groups is 1. The van der Waals surface area contributed by atoms with Crippen molar-refractivity contribution in [2.24, 2.45) is 10.1 Å². The molecule has 2 atom stereocenters. The van der Waals surface area contributed by atoms with E-state index in [0.29, 0.717) is 12.1 Å². The Balaban J connectivity index is 1.81. The molecule has 0 saturated heterocycles. The van der Waals surface area contributed by atoms with Gasteiger partial charge in [-0.25, -0.2) is 20.0 Å². The van der Waals surface area contributed by atoms with Crippen molar-refractivity contribution in [2.45, 2.75) is 19.0 Å². The molecule has 9 nitrogen and oxygen atoms in total. The van der Waals surface area contributed by atoms with E-state index in [2.05, 4.69) is 0 Å². The van der Waals surface area contributed by atoms with Gasteiger partial charge in [-0.3, -0.25) is 4.90 Å². The third kappa shape index (κ3) is 3.94. The molecule has 0 aromatic heterocycles. The number of quaternary nitrogens is 1. The Bertz CT molecular complexity index is 1330. The molecule has 2 heterocycles. The van der Waals surface area contributed by atoms with Gasteiger partial charge in [-0.1, -0.05) is 42.5 Å². The first kappa shape index (κ1) is 24.0. The van der Waals surface area contributed by atoms with E-state index in [1.807, 2.05) is 65.8 Å². The molecule has 184 valence electrons. The van der Waals surface area contributed by atoms with Gasteiger partial charge in [0.15, 0.2) is 11.4 Å². The van der Waals surface area contributed by atoms with Crippen LogP contribution in [-0.2, 0) is 15.2 Å². The second-order valence-electron chi connectivity index (χ2n) is 8.20. The first-order valence-corrected chi connectivity index (χ1v) is 12.7. The van der Waals surface area contributed by atoms with Crippen LogP contribution in [0.3, 0.4) is 0 Å². The number of nitrogens with zero attached hydrogens (tertiary/aromatic N) is 4. The second-order valence-corrected chi connectivity index (χ2v) is 9.08. The minimum Gasteiger partial charge on any atom is -0.595 e. The Morgan fingerprint density at radius 1 is 1.11 bits per heavy atom. The minimum absolute atomic E-state index is 0.132. The lowest BCUT2D eigenvalue weighted by molar-refractivity contribution is -0.991. The van der Waals surface area contributed by atoms with Crippen LogP contribution < -0.4 is 15.1 Å². The lowest BCUT2D eigenvalue weighted by Crippen LogP contribution is -2.99. The van der Waals surface area contributed by atoms with Gasteiger partial charge in [0.25, 0.3) is 0 Å². The van der Waals surface area contributed by atoms with Crippen LogP contribution in [0.2, 0.25) is 0 Å². The highest BCUT2D eigenvalue weighted by atomic mass is 32.2. The Morgan fingerprint density at radius 3 is 2.47 bits per heavy atom. The van der Waals surface area contributed by atoms with Gasteiger partial charge in [-0.15, -0.1) is 16.9 Å². The zero-order chi connectivity index (χ0) is 25.3. The molecule has 1 unspecified atom stereocenters. The largest absolute Gasteiger partial charge is 0.595 e. The summed E-state index contributed by atoms with van der Waals surface area (Å²) >= 11 is 1.54. The van der Waals surface area contributed by atoms with Crippen LogP contribution in [-0.4, -0.2) is 34.9 Å². The second kappa shape index (κ2) is 9.75. The number of hydrogen-bond donors (Lipinski definition) is 2. The number of thioether (sulfide) groups is 1. The monoisotopic (exact) mass is 503 g/mol. The highest BCUT2D eigenvalue weighted by Gasteiger charge is 2.55. The maximum atomic E-state index is 13.3. The van der Waals surface area contributed by atoms with Crippen LogP contribution in [0.5, 0.6) is 0 Å². The van der Waals surface area contributed by atoms with Crippen molar-refractivity contribution < 1.29 is 20.0 Å². The molecule has 0 saturated carbocycles. The number of carbonyl (C=O) groups excluding carboxylic acids is 1. The number of esters is 1. The molecular formula is C26H25N5O4S. The van der Waals surface area contributed by atoms with Gasteiger partial charge < -0.3 is 9.94 Å². The predicted octanol–water partition coefficient (Wildman–Crippen LogP) is 3.94. The van der Waals surface area contributed by atoms with E-state index in [1.165, 1.54) is 12.1 Å². The molecule has 0 radical (unpaired) electrons. The smallest absolute Gasteiger partial charge is 0.376 e. The number of ether oxygens (including phenoxy) is 1. The molecule has 3 aromatic carbocycles. The molecule has 0 aliphatic carbocycles. The Labute approximate surface area is 212 Å². The van der Waals surface area contributed by atoms with Crippen LogP contribution in [0.15, 0.2) is 89.0 Å². The average molecular weight is 504 g/mol. The molecule has 0 spiro atoms. The quantitative estimate of drug-likeness (QED) is 0.401. The van der Waals surface area contributed by atoms with E-state index in [-0.39, 0.29) is 18.1 Å². The summed E-state index contributed by atoms with van der Waals surface area (Å²) in [5.74, 6) is -0.419. The molecule has 0 bridgehead atoms. The highest BCUT2D eigenvalue weighted by molar-refractivity contribution is 8.13. The van der Waals surface area contributed by atoms with E-state index in [9.17, 15) is 15.2 Å². The topological polar surface area (TPSA) is 105 Å². The minimum atomic E-state index is -1.02.